The van der Waals surface area contributed by atoms with Crippen molar-refractivity contribution in [3.05, 3.63) is 46.2 Å². The first kappa shape index (κ1) is 10.8. The van der Waals surface area contributed by atoms with Gasteiger partial charge in [-0.1, -0.05) is 0 Å². The first-order valence-electron chi connectivity index (χ1n) is 5.93. The predicted octanol–water partition coefficient (Wildman–Crippen LogP) is 2.97. The van der Waals surface area contributed by atoms with Gasteiger partial charge < -0.3 is 4.74 Å². The van der Waals surface area contributed by atoms with E-state index in [2.05, 4.69) is 6.07 Å². The van der Waals surface area contributed by atoms with Gasteiger partial charge in [0.15, 0.2) is 0 Å². The van der Waals surface area contributed by atoms with Crippen LogP contribution in [-0.4, -0.2) is 6.29 Å². The molecule has 0 amide bonds. The van der Waals surface area contributed by atoms with Crippen LogP contribution in [-0.2, 0) is 4.79 Å². The summed E-state index contributed by atoms with van der Waals surface area (Å²) in [5.74, 6) is 1.43. The monoisotopic (exact) mass is 237 g/mol. The molecular weight excluding hydrogens is 226 g/mol. The second-order valence-corrected chi connectivity index (χ2v) is 4.46. The summed E-state index contributed by atoms with van der Waals surface area (Å²) in [5, 5.41) is 8.88. The van der Waals surface area contributed by atoms with Gasteiger partial charge >= 0.3 is 0 Å². The van der Waals surface area contributed by atoms with Gasteiger partial charge in [-0.2, -0.15) is 5.26 Å². The average molecular weight is 237 g/mol. The molecule has 0 saturated heterocycles. The van der Waals surface area contributed by atoms with Crippen molar-refractivity contribution in [2.75, 3.05) is 0 Å². The van der Waals surface area contributed by atoms with E-state index in [0.29, 0.717) is 17.1 Å². The van der Waals surface area contributed by atoms with Crippen LogP contribution >= 0.6 is 0 Å². The normalized spacial score (nSPS) is 16.9. The standard InChI is InChI=1S/C15H11NO2/c16-8-10-4-5-14-13(6-10)7-11-2-1-3-12(9-17)15(11)18-14/h4-7,9H,1-3H2. The van der Waals surface area contributed by atoms with Crippen LogP contribution in [0.3, 0.4) is 0 Å². The first-order valence-corrected chi connectivity index (χ1v) is 5.93. The Morgan fingerprint density at radius 3 is 3.00 bits per heavy atom. The van der Waals surface area contributed by atoms with Gasteiger partial charge in [-0.05, 0) is 49.1 Å². The number of aldehydes is 1. The average Bonchev–Trinajstić information content (AvgIpc) is 2.43. The third kappa shape index (κ3) is 1.63. The molecule has 2 aliphatic rings. The highest BCUT2D eigenvalue weighted by atomic mass is 16.5. The molecule has 1 aliphatic carbocycles. The summed E-state index contributed by atoms with van der Waals surface area (Å²) in [5.41, 5.74) is 3.33. The minimum Gasteiger partial charge on any atom is -0.456 e. The molecule has 1 aromatic rings. The van der Waals surface area contributed by atoms with Gasteiger partial charge in [-0.25, -0.2) is 0 Å². The Morgan fingerprint density at radius 1 is 1.33 bits per heavy atom. The molecule has 0 N–H and O–H groups in total. The molecule has 0 aromatic heterocycles. The molecule has 88 valence electrons. The smallest absolute Gasteiger partial charge is 0.149 e. The number of fused-ring (bicyclic) bond motifs is 2. The highest BCUT2D eigenvalue weighted by Crippen LogP contribution is 2.38. The number of ether oxygens (including phenoxy) is 1. The van der Waals surface area contributed by atoms with Gasteiger partial charge in [0.1, 0.15) is 17.8 Å². The van der Waals surface area contributed by atoms with E-state index >= 15 is 0 Å². The Balaban J connectivity index is 2.14. The van der Waals surface area contributed by atoms with Crippen molar-refractivity contribution in [3.8, 4) is 11.8 Å². The maximum Gasteiger partial charge on any atom is 0.149 e. The molecule has 18 heavy (non-hydrogen) atoms. The number of nitriles is 1. The second kappa shape index (κ2) is 4.15. The van der Waals surface area contributed by atoms with E-state index in [0.717, 1.165) is 42.3 Å². The van der Waals surface area contributed by atoms with Gasteiger partial charge in [-0.3, -0.25) is 4.79 Å². The van der Waals surface area contributed by atoms with E-state index in [1.807, 2.05) is 12.1 Å². The predicted molar refractivity (Wildman–Crippen MR) is 66.7 cm³/mol. The van der Waals surface area contributed by atoms with Gasteiger partial charge in [0.25, 0.3) is 0 Å². The molecule has 0 atom stereocenters. The van der Waals surface area contributed by atoms with Crippen LogP contribution < -0.4 is 4.74 Å². The highest BCUT2D eigenvalue weighted by Gasteiger charge is 2.24. The van der Waals surface area contributed by atoms with Crippen molar-refractivity contribution in [3.63, 3.8) is 0 Å². The fraction of sp³-hybridized carbons (Fsp3) is 0.200. The molecule has 3 nitrogen and oxygen atoms in total. The van der Waals surface area contributed by atoms with Gasteiger partial charge in [0.2, 0.25) is 0 Å². The summed E-state index contributed by atoms with van der Waals surface area (Å²) < 4.78 is 5.81. The third-order valence-electron chi connectivity index (χ3n) is 3.30. The number of nitrogens with zero attached hydrogens (tertiary/aromatic N) is 1. The lowest BCUT2D eigenvalue weighted by Gasteiger charge is -2.25. The van der Waals surface area contributed by atoms with E-state index in [1.165, 1.54) is 0 Å². The maximum absolute atomic E-state index is 11.0. The second-order valence-electron chi connectivity index (χ2n) is 4.46. The minimum absolute atomic E-state index is 0.619. The number of carbonyl (C=O) groups is 1. The van der Waals surface area contributed by atoms with Crippen LogP contribution in [0.1, 0.15) is 30.4 Å². The van der Waals surface area contributed by atoms with Crippen molar-refractivity contribution >= 4 is 12.4 Å². The quantitative estimate of drug-likeness (QED) is 0.705. The zero-order valence-electron chi connectivity index (χ0n) is 9.77. The summed E-state index contributed by atoms with van der Waals surface area (Å²) >= 11 is 0. The van der Waals surface area contributed by atoms with E-state index in [4.69, 9.17) is 10.00 Å². The SMILES string of the molecule is N#Cc1ccc2c(c1)C=C1CCCC(C=O)=C1O2. The Bertz CT molecular complexity index is 632. The number of benzene rings is 1. The number of allylic oxidation sites excluding steroid dienone is 2. The lowest BCUT2D eigenvalue weighted by Crippen LogP contribution is -2.13. The zero-order valence-corrected chi connectivity index (χ0v) is 9.77. The van der Waals surface area contributed by atoms with Gasteiger partial charge in [-0.15, -0.1) is 0 Å². The fourth-order valence-corrected chi connectivity index (χ4v) is 2.41. The summed E-state index contributed by atoms with van der Waals surface area (Å²) in [6.45, 7) is 0. The zero-order chi connectivity index (χ0) is 12.5. The van der Waals surface area contributed by atoms with Gasteiger partial charge in [0.05, 0.1) is 11.6 Å². The van der Waals surface area contributed by atoms with E-state index in [9.17, 15) is 4.79 Å². The van der Waals surface area contributed by atoms with Crippen molar-refractivity contribution < 1.29 is 9.53 Å². The molecule has 1 aromatic carbocycles. The van der Waals surface area contributed by atoms with E-state index in [1.54, 1.807) is 12.1 Å². The topological polar surface area (TPSA) is 50.1 Å². The maximum atomic E-state index is 11.0. The Labute approximate surface area is 105 Å². The molecule has 0 spiro atoms. The van der Waals surface area contributed by atoms with Gasteiger partial charge in [0, 0.05) is 11.1 Å². The number of hydrogen-bond donors (Lipinski definition) is 0. The molecule has 1 aliphatic heterocycles. The molecular formula is C15H11NO2. The van der Waals surface area contributed by atoms with E-state index < -0.39 is 0 Å². The third-order valence-corrected chi connectivity index (χ3v) is 3.30. The van der Waals surface area contributed by atoms with Crippen LogP contribution in [0.2, 0.25) is 0 Å². The number of rotatable bonds is 1. The number of hydrogen-bond acceptors (Lipinski definition) is 3. The minimum atomic E-state index is 0.619. The summed E-state index contributed by atoms with van der Waals surface area (Å²) in [6, 6.07) is 7.44. The van der Waals surface area contributed by atoms with Crippen molar-refractivity contribution in [2.45, 2.75) is 19.3 Å². The molecule has 0 fully saturated rings. The first-order chi connectivity index (χ1) is 8.81. The van der Waals surface area contributed by atoms with Crippen LogP contribution in [0, 0.1) is 11.3 Å². The van der Waals surface area contributed by atoms with Crippen molar-refractivity contribution in [1.82, 2.24) is 0 Å². The molecule has 3 rings (SSSR count). The van der Waals surface area contributed by atoms with Crippen LogP contribution in [0.4, 0.5) is 0 Å². The van der Waals surface area contributed by atoms with Crippen LogP contribution in [0.15, 0.2) is 35.1 Å². The molecule has 3 heteroatoms. The lowest BCUT2D eigenvalue weighted by molar-refractivity contribution is -0.105. The summed E-state index contributed by atoms with van der Waals surface area (Å²) in [4.78, 5) is 11.0. The van der Waals surface area contributed by atoms with E-state index in [-0.39, 0.29) is 0 Å². The lowest BCUT2D eigenvalue weighted by atomic mass is 9.90. The summed E-state index contributed by atoms with van der Waals surface area (Å²) in [6.07, 6.45) is 5.58. The molecule has 0 saturated carbocycles. The molecule has 0 unspecified atom stereocenters. The van der Waals surface area contributed by atoms with Crippen molar-refractivity contribution in [2.24, 2.45) is 0 Å². The Hall–Kier alpha value is -2.34. The Morgan fingerprint density at radius 2 is 2.22 bits per heavy atom. The number of carbonyl (C=O) groups excluding carboxylic acids is 1. The molecule has 1 heterocycles. The molecule has 0 bridgehead atoms. The largest absolute Gasteiger partial charge is 0.456 e. The Kier molecular flexibility index (Phi) is 2.49. The van der Waals surface area contributed by atoms with Crippen LogP contribution in [0.25, 0.3) is 6.08 Å². The van der Waals surface area contributed by atoms with Crippen LogP contribution in [0.5, 0.6) is 5.75 Å². The fourth-order valence-electron chi connectivity index (χ4n) is 2.41. The highest BCUT2D eigenvalue weighted by molar-refractivity contribution is 5.79. The summed E-state index contributed by atoms with van der Waals surface area (Å²) in [7, 11) is 0. The molecule has 0 radical (unpaired) electrons. The van der Waals surface area contributed by atoms with Crippen molar-refractivity contribution in [1.29, 1.82) is 5.26 Å².